The van der Waals surface area contributed by atoms with Gasteiger partial charge in [0.1, 0.15) is 11.6 Å². The molecule has 30 heavy (non-hydrogen) atoms. The molecule has 0 radical (unpaired) electrons. The van der Waals surface area contributed by atoms with Crippen LogP contribution in [0.1, 0.15) is 37.7 Å². The van der Waals surface area contributed by atoms with Crippen molar-refractivity contribution in [2.45, 2.75) is 50.0 Å². The van der Waals surface area contributed by atoms with Crippen molar-refractivity contribution >= 4 is 21.6 Å². The molecule has 0 aliphatic heterocycles. The number of nitrogens with one attached hydrogen (secondary N) is 1. The highest BCUT2D eigenvalue weighted by atomic mass is 32.2. The van der Waals surface area contributed by atoms with Gasteiger partial charge in [0.05, 0.1) is 4.90 Å². The molecule has 3 rings (SSSR count). The first-order chi connectivity index (χ1) is 14.3. The highest BCUT2D eigenvalue weighted by Gasteiger charge is 2.22. The number of amides is 1. The van der Waals surface area contributed by atoms with Gasteiger partial charge >= 0.3 is 0 Å². The van der Waals surface area contributed by atoms with Crippen molar-refractivity contribution in [1.82, 2.24) is 4.72 Å². The minimum Gasteiger partial charge on any atom is -0.483 e. The third-order valence-electron chi connectivity index (χ3n) is 5.32. The Hall–Kier alpha value is -2.45. The number of benzene rings is 2. The molecule has 0 spiro atoms. The molecular weight excluding hydrogens is 407 g/mol. The number of hydrogen-bond acceptors (Lipinski definition) is 4. The summed E-state index contributed by atoms with van der Waals surface area (Å²) in [4.78, 5) is 13.9. The van der Waals surface area contributed by atoms with Crippen molar-refractivity contribution in [2.24, 2.45) is 0 Å². The number of nitrogens with zero attached hydrogens (tertiary/aromatic N) is 1. The molecule has 1 aliphatic rings. The van der Waals surface area contributed by atoms with Crippen LogP contribution < -0.4 is 14.4 Å². The predicted molar refractivity (Wildman–Crippen MR) is 114 cm³/mol. The van der Waals surface area contributed by atoms with Crippen molar-refractivity contribution in [3.8, 4) is 5.75 Å². The first-order valence-corrected chi connectivity index (χ1v) is 11.5. The maximum atomic E-state index is 13.0. The van der Waals surface area contributed by atoms with Crippen LogP contribution in [0.25, 0.3) is 0 Å². The largest absolute Gasteiger partial charge is 0.483 e. The zero-order chi connectivity index (χ0) is 21.7. The van der Waals surface area contributed by atoms with Crippen LogP contribution in [-0.2, 0) is 14.8 Å². The smallest absolute Gasteiger partial charge is 0.264 e. The van der Waals surface area contributed by atoms with Crippen LogP contribution in [-0.4, -0.2) is 34.0 Å². The van der Waals surface area contributed by atoms with Gasteiger partial charge in [-0.1, -0.05) is 19.3 Å². The Labute approximate surface area is 177 Å². The Morgan fingerprint density at radius 2 is 1.80 bits per heavy atom. The molecule has 2 aromatic rings. The molecule has 1 saturated carbocycles. The van der Waals surface area contributed by atoms with Crippen molar-refractivity contribution in [2.75, 3.05) is 18.6 Å². The van der Waals surface area contributed by atoms with E-state index in [4.69, 9.17) is 4.74 Å². The Morgan fingerprint density at radius 1 is 1.13 bits per heavy atom. The number of hydrogen-bond donors (Lipinski definition) is 1. The number of sulfonamides is 1. The summed E-state index contributed by atoms with van der Waals surface area (Å²) in [5, 5.41) is 0. The monoisotopic (exact) mass is 434 g/mol. The zero-order valence-corrected chi connectivity index (χ0v) is 18.0. The van der Waals surface area contributed by atoms with Gasteiger partial charge in [-0.05, 0) is 67.8 Å². The molecule has 0 aromatic heterocycles. The lowest BCUT2D eigenvalue weighted by molar-refractivity contribution is -0.120. The number of halogens is 1. The van der Waals surface area contributed by atoms with Crippen molar-refractivity contribution < 1.29 is 22.3 Å². The molecule has 0 heterocycles. The zero-order valence-electron chi connectivity index (χ0n) is 17.2. The summed E-state index contributed by atoms with van der Waals surface area (Å²) in [6.07, 6.45) is 4.96. The third kappa shape index (κ3) is 5.58. The second-order valence-electron chi connectivity index (χ2n) is 7.60. The number of likely N-dealkylation sites (N-methyl/N-ethyl adjacent to an activating group) is 1. The molecule has 1 aliphatic carbocycles. The molecule has 1 N–H and O–H groups in total. The van der Waals surface area contributed by atoms with Gasteiger partial charge in [-0.25, -0.2) is 17.5 Å². The van der Waals surface area contributed by atoms with Gasteiger partial charge in [-0.2, -0.15) is 0 Å². The van der Waals surface area contributed by atoms with Gasteiger partial charge in [0, 0.05) is 18.8 Å². The lowest BCUT2D eigenvalue weighted by Gasteiger charge is -2.23. The van der Waals surface area contributed by atoms with E-state index in [-0.39, 0.29) is 29.3 Å². The summed E-state index contributed by atoms with van der Waals surface area (Å²) in [7, 11) is -2.01. The van der Waals surface area contributed by atoms with Crippen LogP contribution in [0.15, 0.2) is 47.4 Å². The fraction of sp³-hybridized carbons (Fsp3) is 0.409. The summed E-state index contributed by atoms with van der Waals surface area (Å²) < 4.78 is 46.8. The predicted octanol–water partition coefficient (Wildman–Crippen LogP) is 3.79. The van der Waals surface area contributed by atoms with Crippen molar-refractivity contribution in [3.63, 3.8) is 0 Å². The molecule has 2 aromatic carbocycles. The number of carbonyl (C=O) groups is 1. The normalized spacial score (nSPS) is 15.0. The molecule has 0 atom stereocenters. The topological polar surface area (TPSA) is 75.7 Å². The standard InChI is InChI=1S/C22H27FN2O4S/c1-16-14-20(30(27,28)24-18-6-4-3-5-7-18)12-13-21(16)29-15-22(26)25(2)19-10-8-17(23)9-11-19/h8-14,18,24H,3-7,15H2,1-2H3. The summed E-state index contributed by atoms with van der Waals surface area (Å²) in [6.45, 7) is 1.52. The lowest BCUT2D eigenvalue weighted by Crippen LogP contribution is -2.36. The molecule has 8 heteroatoms. The first-order valence-electron chi connectivity index (χ1n) is 10.0. The summed E-state index contributed by atoms with van der Waals surface area (Å²) >= 11 is 0. The Morgan fingerprint density at radius 3 is 2.43 bits per heavy atom. The molecule has 0 saturated heterocycles. The highest BCUT2D eigenvalue weighted by Crippen LogP contribution is 2.24. The summed E-state index contributed by atoms with van der Waals surface area (Å²) in [6, 6.07) is 10.2. The second-order valence-corrected chi connectivity index (χ2v) is 9.32. The average molecular weight is 435 g/mol. The molecule has 0 unspecified atom stereocenters. The number of ether oxygens (including phenoxy) is 1. The van der Waals surface area contributed by atoms with E-state index in [1.807, 2.05) is 0 Å². The van der Waals surface area contributed by atoms with E-state index in [9.17, 15) is 17.6 Å². The minimum absolute atomic E-state index is 0.0143. The summed E-state index contributed by atoms with van der Waals surface area (Å²) in [5.74, 6) is -0.247. The Bertz CT molecular complexity index is 987. The molecule has 6 nitrogen and oxygen atoms in total. The van der Waals surface area contributed by atoms with Gasteiger partial charge in [-0.15, -0.1) is 0 Å². The molecule has 1 amide bonds. The highest BCUT2D eigenvalue weighted by molar-refractivity contribution is 7.89. The lowest BCUT2D eigenvalue weighted by atomic mass is 9.96. The van der Waals surface area contributed by atoms with Gasteiger partial charge in [0.15, 0.2) is 6.61 Å². The fourth-order valence-corrected chi connectivity index (χ4v) is 4.89. The maximum Gasteiger partial charge on any atom is 0.264 e. The number of rotatable bonds is 7. The van der Waals surface area contributed by atoms with Crippen LogP contribution in [0.2, 0.25) is 0 Å². The van der Waals surface area contributed by atoms with Crippen molar-refractivity contribution in [1.29, 1.82) is 0 Å². The quantitative estimate of drug-likeness (QED) is 0.720. The van der Waals surface area contributed by atoms with Crippen LogP contribution in [0.4, 0.5) is 10.1 Å². The van der Waals surface area contributed by atoms with Gasteiger partial charge < -0.3 is 9.64 Å². The van der Waals surface area contributed by atoms with Crippen LogP contribution in [0.3, 0.4) is 0 Å². The van der Waals surface area contributed by atoms with E-state index >= 15 is 0 Å². The minimum atomic E-state index is -3.59. The van der Waals surface area contributed by atoms with E-state index in [2.05, 4.69) is 4.72 Å². The van der Waals surface area contributed by atoms with E-state index < -0.39 is 10.0 Å². The molecule has 0 bridgehead atoms. The Kier molecular flexibility index (Phi) is 7.10. The summed E-state index contributed by atoms with van der Waals surface area (Å²) in [5.41, 5.74) is 1.18. The van der Waals surface area contributed by atoms with Crippen LogP contribution in [0.5, 0.6) is 5.75 Å². The maximum absolute atomic E-state index is 13.0. The van der Waals surface area contributed by atoms with Gasteiger partial charge in [0.2, 0.25) is 10.0 Å². The SMILES string of the molecule is Cc1cc(S(=O)(=O)NC2CCCCC2)ccc1OCC(=O)N(C)c1ccc(F)cc1. The second kappa shape index (κ2) is 9.57. The van der Waals surface area contributed by atoms with E-state index in [0.717, 1.165) is 32.1 Å². The molecule has 1 fully saturated rings. The third-order valence-corrected chi connectivity index (χ3v) is 6.84. The molecular formula is C22H27FN2O4S. The number of carbonyl (C=O) groups excluding carboxylic acids is 1. The fourth-order valence-electron chi connectivity index (χ4n) is 3.50. The number of anilines is 1. The van der Waals surface area contributed by atoms with E-state index in [1.165, 1.54) is 35.2 Å². The Balaban J connectivity index is 1.62. The van der Waals surface area contributed by atoms with Crippen molar-refractivity contribution in [3.05, 3.63) is 53.8 Å². The van der Waals surface area contributed by atoms with Gasteiger partial charge in [-0.3, -0.25) is 4.79 Å². The first kappa shape index (κ1) is 22.2. The van der Waals surface area contributed by atoms with Crippen LogP contribution in [0, 0.1) is 12.7 Å². The van der Waals surface area contributed by atoms with E-state index in [1.54, 1.807) is 26.1 Å². The molecule has 162 valence electrons. The van der Waals surface area contributed by atoms with E-state index in [0.29, 0.717) is 17.0 Å². The van der Waals surface area contributed by atoms with Crippen LogP contribution >= 0.6 is 0 Å². The van der Waals surface area contributed by atoms with Gasteiger partial charge in [0.25, 0.3) is 5.91 Å². The average Bonchev–Trinajstić information content (AvgIpc) is 2.73. The number of aryl methyl sites for hydroxylation is 1.